The fourth-order valence-electron chi connectivity index (χ4n) is 2.32. The monoisotopic (exact) mass is 266 g/mol. The van der Waals surface area contributed by atoms with Crippen molar-refractivity contribution >= 4 is 11.3 Å². The Labute approximate surface area is 115 Å². The van der Waals surface area contributed by atoms with E-state index < -0.39 is 0 Å². The standard InChI is InChI=1S/C15H26N2S/c1-11(2)6-7-17(14-4-5-14)10-13-8-15(9-16)18-12(13)3/h8,11,14H,4-7,9-10,16H2,1-3H3. The molecule has 0 aromatic carbocycles. The van der Waals surface area contributed by atoms with Gasteiger partial charge < -0.3 is 5.73 Å². The largest absolute Gasteiger partial charge is 0.326 e. The lowest BCUT2D eigenvalue weighted by molar-refractivity contribution is 0.239. The number of nitrogens with two attached hydrogens (primary N) is 1. The van der Waals surface area contributed by atoms with Gasteiger partial charge in [-0.3, -0.25) is 4.90 Å². The van der Waals surface area contributed by atoms with Gasteiger partial charge in [-0.15, -0.1) is 11.3 Å². The highest BCUT2D eigenvalue weighted by molar-refractivity contribution is 7.12. The number of hydrogen-bond donors (Lipinski definition) is 1. The maximum absolute atomic E-state index is 5.73. The minimum Gasteiger partial charge on any atom is -0.326 e. The van der Waals surface area contributed by atoms with Gasteiger partial charge in [-0.2, -0.15) is 0 Å². The van der Waals surface area contributed by atoms with Gasteiger partial charge in [-0.25, -0.2) is 0 Å². The average Bonchev–Trinajstić information content (AvgIpc) is 3.10. The summed E-state index contributed by atoms with van der Waals surface area (Å²) in [6.45, 7) is 9.91. The van der Waals surface area contributed by atoms with Crippen LogP contribution in [0.25, 0.3) is 0 Å². The van der Waals surface area contributed by atoms with Gasteiger partial charge in [0.1, 0.15) is 0 Å². The highest BCUT2D eigenvalue weighted by Gasteiger charge is 2.29. The summed E-state index contributed by atoms with van der Waals surface area (Å²) in [4.78, 5) is 5.45. The molecule has 2 N–H and O–H groups in total. The number of hydrogen-bond acceptors (Lipinski definition) is 3. The molecule has 102 valence electrons. The molecular weight excluding hydrogens is 240 g/mol. The molecule has 1 fully saturated rings. The Morgan fingerprint density at radius 1 is 1.44 bits per heavy atom. The summed E-state index contributed by atoms with van der Waals surface area (Å²) in [5.74, 6) is 0.800. The molecule has 1 aliphatic rings. The Morgan fingerprint density at radius 2 is 2.17 bits per heavy atom. The van der Waals surface area contributed by atoms with Crippen molar-refractivity contribution < 1.29 is 0 Å². The van der Waals surface area contributed by atoms with Gasteiger partial charge in [-0.1, -0.05) is 13.8 Å². The lowest BCUT2D eigenvalue weighted by atomic mass is 10.1. The minimum absolute atomic E-state index is 0.681. The van der Waals surface area contributed by atoms with E-state index in [4.69, 9.17) is 5.73 Å². The van der Waals surface area contributed by atoms with Crippen molar-refractivity contribution in [2.24, 2.45) is 11.7 Å². The van der Waals surface area contributed by atoms with Gasteiger partial charge in [0.25, 0.3) is 0 Å². The van der Waals surface area contributed by atoms with E-state index in [1.165, 1.54) is 41.1 Å². The first kappa shape index (κ1) is 14.0. The normalized spacial score (nSPS) is 15.9. The lowest BCUT2D eigenvalue weighted by Gasteiger charge is -2.23. The molecule has 2 rings (SSSR count). The molecule has 0 unspecified atom stereocenters. The molecule has 1 aliphatic carbocycles. The Kier molecular flexibility index (Phi) is 4.82. The zero-order chi connectivity index (χ0) is 13.1. The van der Waals surface area contributed by atoms with Crippen LogP contribution in [0.4, 0.5) is 0 Å². The summed E-state index contributed by atoms with van der Waals surface area (Å²) in [5, 5.41) is 0. The summed E-state index contributed by atoms with van der Waals surface area (Å²) in [6, 6.07) is 3.16. The summed E-state index contributed by atoms with van der Waals surface area (Å²) in [5.41, 5.74) is 7.23. The second-order valence-electron chi connectivity index (χ2n) is 5.88. The molecule has 0 spiro atoms. The van der Waals surface area contributed by atoms with Crippen molar-refractivity contribution in [3.8, 4) is 0 Å². The smallest absolute Gasteiger partial charge is 0.0274 e. The van der Waals surface area contributed by atoms with Gasteiger partial charge in [0.2, 0.25) is 0 Å². The summed E-state index contributed by atoms with van der Waals surface area (Å²) >= 11 is 1.86. The molecule has 1 aromatic heterocycles. The number of rotatable bonds is 7. The van der Waals surface area contributed by atoms with Crippen molar-refractivity contribution in [2.45, 2.75) is 59.2 Å². The molecular formula is C15H26N2S. The van der Waals surface area contributed by atoms with Crippen molar-refractivity contribution in [2.75, 3.05) is 6.54 Å². The van der Waals surface area contributed by atoms with Gasteiger partial charge in [0.15, 0.2) is 0 Å². The topological polar surface area (TPSA) is 29.3 Å². The third-order valence-corrected chi connectivity index (χ3v) is 4.82. The van der Waals surface area contributed by atoms with Crippen LogP contribution in [0.5, 0.6) is 0 Å². The van der Waals surface area contributed by atoms with Gasteiger partial charge in [-0.05, 0) is 50.3 Å². The highest BCUT2D eigenvalue weighted by atomic mass is 32.1. The van der Waals surface area contributed by atoms with Crippen LogP contribution in [-0.4, -0.2) is 17.5 Å². The predicted molar refractivity (Wildman–Crippen MR) is 79.8 cm³/mol. The third-order valence-electron chi connectivity index (χ3n) is 3.70. The number of thiophene rings is 1. The van der Waals surface area contributed by atoms with E-state index in [1.54, 1.807) is 0 Å². The quantitative estimate of drug-likeness (QED) is 0.818. The van der Waals surface area contributed by atoms with Crippen molar-refractivity contribution in [3.63, 3.8) is 0 Å². The van der Waals surface area contributed by atoms with Gasteiger partial charge in [0, 0.05) is 28.9 Å². The van der Waals surface area contributed by atoms with Crippen LogP contribution in [0.2, 0.25) is 0 Å². The maximum Gasteiger partial charge on any atom is 0.0274 e. The average molecular weight is 266 g/mol. The number of aryl methyl sites for hydroxylation is 1. The summed E-state index contributed by atoms with van der Waals surface area (Å²) in [6.07, 6.45) is 4.10. The van der Waals surface area contributed by atoms with E-state index in [2.05, 4.69) is 31.7 Å². The Balaban J connectivity index is 1.96. The van der Waals surface area contributed by atoms with Crippen LogP contribution in [-0.2, 0) is 13.1 Å². The lowest BCUT2D eigenvalue weighted by Crippen LogP contribution is -2.27. The Bertz CT molecular complexity index is 380. The summed E-state index contributed by atoms with van der Waals surface area (Å²) in [7, 11) is 0. The maximum atomic E-state index is 5.73. The number of nitrogens with zero attached hydrogens (tertiary/aromatic N) is 1. The fraction of sp³-hybridized carbons (Fsp3) is 0.733. The van der Waals surface area contributed by atoms with E-state index >= 15 is 0 Å². The first-order chi connectivity index (χ1) is 8.60. The molecule has 0 atom stereocenters. The third kappa shape index (κ3) is 3.81. The predicted octanol–water partition coefficient (Wildman–Crippen LogP) is 3.53. The second kappa shape index (κ2) is 6.18. The molecule has 0 aliphatic heterocycles. The first-order valence-corrected chi connectivity index (χ1v) is 7.94. The molecule has 0 radical (unpaired) electrons. The van der Waals surface area contributed by atoms with Crippen molar-refractivity contribution in [1.82, 2.24) is 4.90 Å². The van der Waals surface area contributed by atoms with Crippen LogP contribution >= 0.6 is 11.3 Å². The van der Waals surface area contributed by atoms with Crippen molar-refractivity contribution in [3.05, 3.63) is 21.4 Å². The van der Waals surface area contributed by atoms with Crippen LogP contribution in [0.1, 0.15) is 48.4 Å². The van der Waals surface area contributed by atoms with E-state index in [-0.39, 0.29) is 0 Å². The Morgan fingerprint density at radius 3 is 2.67 bits per heavy atom. The van der Waals surface area contributed by atoms with E-state index in [1.807, 2.05) is 11.3 Å². The molecule has 1 saturated carbocycles. The Hall–Kier alpha value is -0.380. The molecule has 2 nitrogen and oxygen atoms in total. The van der Waals surface area contributed by atoms with Gasteiger partial charge >= 0.3 is 0 Å². The van der Waals surface area contributed by atoms with Gasteiger partial charge in [0.05, 0.1) is 0 Å². The van der Waals surface area contributed by atoms with E-state index in [9.17, 15) is 0 Å². The molecule has 0 bridgehead atoms. The molecule has 0 saturated heterocycles. The van der Waals surface area contributed by atoms with Crippen LogP contribution in [0.3, 0.4) is 0 Å². The zero-order valence-electron chi connectivity index (χ0n) is 11.9. The first-order valence-electron chi connectivity index (χ1n) is 7.12. The highest BCUT2D eigenvalue weighted by Crippen LogP contribution is 2.31. The zero-order valence-corrected chi connectivity index (χ0v) is 12.7. The van der Waals surface area contributed by atoms with Crippen LogP contribution < -0.4 is 5.73 Å². The molecule has 0 amide bonds. The summed E-state index contributed by atoms with van der Waals surface area (Å²) < 4.78 is 0. The fourth-order valence-corrected chi connectivity index (χ4v) is 3.25. The second-order valence-corrected chi connectivity index (χ2v) is 7.22. The van der Waals surface area contributed by atoms with Crippen LogP contribution in [0.15, 0.2) is 6.07 Å². The molecule has 3 heteroatoms. The van der Waals surface area contributed by atoms with E-state index in [0.717, 1.165) is 18.5 Å². The minimum atomic E-state index is 0.681. The molecule has 1 heterocycles. The molecule has 18 heavy (non-hydrogen) atoms. The van der Waals surface area contributed by atoms with Crippen molar-refractivity contribution in [1.29, 1.82) is 0 Å². The van der Waals surface area contributed by atoms with E-state index in [0.29, 0.717) is 6.54 Å². The molecule has 1 aromatic rings. The SMILES string of the molecule is Cc1sc(CN)cc1CN(CCC(C)C)C1CC1. The van der Waals surface area contributed by atoms with Crippen LogP contribution in [0, 0.1) is 12.8 Å².